The Bertz CT molecular complexity index is 160. The van der Waals surface area contributed by atoms with Crippen LogP contribution in [0.4, 0.5) is 0 Å². The van der Waals surface area contributed by atoms with Crippen molar-refractivity contribution < 1.29 is 9.53 Å². The van der Waals surface area contributed by atoms with Gasteiger partial charge in [-0.3, -0.25) is 0 Å². The Hall–Kier alpha value is -0.310. The fourth-order valence-corrected chi connectivity index (χ4v) is 1.07. The van der Waals surface area contributed by atoms with Gasteiger partial charge in [-0.05, 0) is 13.0 Å². The first kappa shape index (κ1) is 6.81. The molecule has 0 aliphatic carbocycles. The number of carbonyl (C=O) groups excluding carboxylic acids is 1. The molecule has 0 amide bonds. The largest absolute Gasteiger partial charge is 0.458 e. The number of ether oxygens (including phenoxy) is 1. The Morgan fingerprint density at radius 1 is 1.89 bits per heavy atom. The van der Waals surface area contributed by atoms with E-state index in [0.29, 0.717) is 6.61 Å². The van der Waals surface area contributed by atoms with Crippen LogP contribution >= 0.6 is 15.9 Å². The molecular formula is C6H7BrO2. The van der Waals surface area contributed by atoms with Crippen molar-refractivity contribution in [2.24, 2.45) is 0 Å². The minimum Gasteiger partial charge on any atom is -0.458 e. The van der Waals surface area contributed by atoms with Crippen molar-refractivity contribution in [2.45, 2.75) is 11.8 Å². The highest BCUT2D eigenvalue weighted by atomic mass is 79.9. The maximum Gasteiger partial charge on any atom is 0.335 e. The van der Waals surface area contributed by atoms with Crippen LogP contribution in [-0.2, 0) is 9.53 Å². The van der Waals surface area contributed by atoms with Crippen LogP contribution in [0.25, 0.3) is 0 Å². The third-order valence-electron chi connectivity index (χ3n) is 1.18. The minimum absolute atomic E-state index is 0.118. The van der Waals surface area contributed by atoms with Gasteiger partial charge >= 0.3 is 5.97 Å². The molecule has 1 aliphatic rings. The predicted octanol–water partition coefficient (Wildman–Crippen LogP) is 1.25. The van der Waals surface area contributed by atoms with Gasteiger partial charge in [-0.25, -0.2) is 4.79 Å². The molecule has 0 saturated carbocycles. The summed E-state index contributed by atoms with van der Waals surface area (Å²) in [4.78, 5) is 10.8. The lowest BCUT2D eigenvalue weighted by molar-refractivity contribution is -0.135. The molecule has 9 heavy (non-hydrogen) atoms. The molecular weight excluding hydrogens is 184 g/mol. The molecule has 0 aromatic carbocycles. The van der Waals surface area contributed by atoms with Gasteiger partial charge in [0, 0.05) is 10.4 Å². The van der Waals surface area contributed by atoms with Gasteiger partial charge in [0.25, 0.3) is 0 Å². The number of hydrogen-bond acceptors (Lipinski definition) is 2. The first-order valence-electron chi connectivity index (χ1n) is 2.73. The summed E-state index contributed by atoms with van der Waals surface area (Å²) in [5.74, 6) is -0.195. The zero-order valence-electron chi connectivity index (χ0n) is 5.06. The molecule has 0 saturated heterocycles. The van der Waals surface area contributed by atoms with Gasteiger partial charge in [0.1, 0.15) is 6.61 Å². The van der Waals surface area contributed by atoms with Crippen molar-refractivity contribution >= 4 is 21.9 Å². The lowest BCUT2D eigenvalue weighted by Gasteiger charge is -1.98. The fraction of sp³-hybridized carbons (Fsp3) is 0.500. The van der Waals surface area contributed by atoms with Crippen molar-refractivity contribution in [1.29, 1.82) is 0 Å². The number of halogens is 1. The molecule has 2 nitrogen and oxygen atoms in total. The summed E-state index contributed by atoms with van der Waals surface area (Å²) in [6, 6.07) is 0. The van der Waals surface area contributed by atoms with E-state index in [4.69, 9.17) is 0 Å². The fourth-order valence-electron chi connectivity index (χ4n) is 0.699. The van der Waals surface area contributed by atoms with Gasteiger partial charge in [0.2, 0.25) is 0 Å². The maximum absolute atomic E-state index is 10.7. The second kappa shape index (κ2) is 2.52. The van der Waals surface area contributed by atoms with Crippen LogP contribution in [0, 0.1) is 0 Å². The highest BCUT2D eigenvalue weighted by Crippen LogP contribution is 2.16. The molecule has 0 spiro atoms. The van der Waals surface area contributed by atoms with E-state index in [2.05, 4.69) is 20.7 Å². The summed E-state index contributed by atoms with van der Waals surface area (Å²) in [5.41, 5.74) is 0.731. The molecule has 1 aliphatic heterocycles. The molecule has 1 atom stereocenters. The maximum atomic E-state index is 10.7. The van der Waals surface area contributed by atoms with Crippen molar-refractivity contribution in [3.8, 4) is 0 Å². The van der Waals surface area contributed by atoms with Crippen LogP contribution in [0.1, 0.15) is 6.92 Å². The predicted molar refractivity (Wildman–Crippen MR) is 37.4 cm³/mol. The number of hydrogen-bond donors (Lipinski definition) is 0. The van der Waals surface area contributed by atoms with Gasteiger partial charge in [-0.1, -0.05) is 15.9 Å². The summed E-state index contributed by atoms with van der Waals surface area (Å²) < 4.78 is 4.67. The van der Waals surface area contributed by atoms with Crippen LogP contribution in [0.2, 0.25) is 0 Å². The second-order valence-corrected chi connectivity index (χ2v) is 3.25. The Labute approximate surface area is 62.0 Å². The highest BCUT2D eigenvalue weighted by molar-refractivity contribution is 9.09. The van der Waals surface area contributed by atoms with Crippen LogP contribution in [0.5, 0.6) is 0 Å². The third-order valence-corrected chi connectivity index (χ3v) is 1.68. The topological polar surface area (TPSA) is 26.3 Å². The van der Waals surface area contributed by atoms with Gasteiger partial charge in [-0.2, -0.15) is 0 Å². The normalized spacial score (nSPS) is 21.1. The third kappa shape index (κ3) is 1.33. The number of cyclic esters (lactones) is 1. The summed E-state index contributed by atoms with van der Waals surface area (Å²) in [7, 11) is 0. The molecule has 1 unspecified atom stereocenters. The molecule has 1 heterocycles. The van der Waals surface area contributed by atoms with E-state index in [1.807, 2.05) is 6.92 Å². The summed E-state index contributed by atoms with van der Waals surface area (Å²) in [5, 5.41) is 0. The standard InChI is InChI=1S/C6H7BrO2/c1-4(7)5-2-3-9-6(5)8/h2,4H,3H2,1H3. The summed E-state index contributed by atoms with van der Waals surface area (Å²) in [6.07, 6.45) is 1.79. The number of alkyl halides is 1. The lowest BCUT2D eigenvalue weighted by atomic mass is 10.2. The molecule has 1 rings (SSSR count). The Kier molecular flexibility index (Phi) is 1.90. The molecule has 3 heteroatoms. The number of rotatable bonds is 1. The minimum atomic E-state index is -0.195. The van der Waals surface area contributed by atoms with E-state index in [9.17, 15) is 4.79 Å². The quantitative estimate of drug-likeness (QED) is 0.460. The van der Waals surface area contributed by atoms with E-state index >= 15 is 0 Å². The van der Waals surface area contributed by atoms with E-state index in [1.54, 1.807) is 6.08 Å². The Morgan fingerprint density at radius 2 is 2.56 bits per heavy atom. The van der Waals surface area contributed by atoms with Gasteiger partial charge in [-0.15, -0.1) is 0 Å². The van der Waals surface area contributed by atoms with Crippen LogP contribution < -0.4 is 0 Å². The SMILES string of the molecule is CC(Br)C1=CCOC1=O. The molecule has 0 radical (unpaired) electrons. The van der Waals surface area contributed by atoms with E-state index < -0.39 is 0 Å². The van der Waals surface area contributed by atoms with Gasteiger partial charge < -0.3 is 4.74 Å². The molecule has 0 aromatic rings. The highest BCUT2D eigenvalue weighted by Gasteiger charge is 2.19. The van der Waals surface area contributed by atoms with E-state index in [0.717, 1.165) is 5.57 Å². The molecule has 0 fully saturated rings. The molecule has 0 N–H and O–H groups in total. The van der Waals surface area contributed by atoms with E-state index in [1.165, 1.54) is 0 Å². The van der Waals surface area contributed by atoms with Gasteiger partial charge in [0.05, 0.1) is 0 Å². The Morgan fingerprint density at radius 3 is 2.78 bits per heavy atom. The second-order valence-electron chi connectivity index (χ2n) is 1.87. The Balaban J connectivity index is 2.68. The zero-order chi connectivity index (χ0) is 6.85. The number of esters is 1. The van der Waals surface area contributed by atoms with Crippen molar-refractivity contribution in [1.82, 2.24) is 0 Å². The average Bonchev–Trinajstić information content (AvgIpc) is 2.13. The smallest absolute Gasteiger partial charge is 0.335 e. The molecule has 0 aromatic heterocycles. The average molecular weight is 191 g/mol. The first-order chi connectivity index (χ1) is 4.22. The molecule has 50 valence electrons. The van der Waals surface area contributed by atoms with Crippen molar-refractivity contribution in [3.05, 3.63) is 11.6 Å². The monoisotopic (exact) mass is 190 g/mol. The number of carbonyl (C=O) groups is 1. The van der Waals surface area contributed by atoms with Crippen LogP contribution in [0.3, 0.4) is 0 Å². The summed E-state index contributed by atoms with van der Waals surface area (Å²) in [6.45, 7) is 2.34. The van der Waals surface area contributed by atoms with Crippen LogP contribution in [0.15, 0.2) is 11.6 Å². The van der Waals surface area contributed by atoms with Crippen molar-refractivity contribution in [2.75, 3.05) is 6.61 Å². The van der Waals surface area contributed by atoms with Crippen LogP contribution in [-0.4, -0.2) is 17.4 Å². The van der Waals surface area contributed by atoms with Gasteiger partial charge in [0.15, 0.2) is 0 Å². The van der Waals surface area contributed by atoms with Crippen molar-refractivity contribution in [3.63, 3.8) is 0 Å². The summed E-state index contributed by atoms with van der Waals surface area (Å²) >= 11 is 3.27. The first-order valence-corrected chi connectivity index (χ1v) is 3.64. The lowest BCUT2D eigenvalue weighted by Crippen LogP contribution is -2.06. The van der Waals surface area contributed by atoms with E-state index in [-0.39, 0.29) is 10.8 Å². The zero-order valence-corrected chi connectivity index (χ0v) is 6.64. The molecule has 0 bridgehead atoms.